The maximum Gasteiger partial charge on any atom is 0.421 e. The number of halogens is 6. The molecule has 0 aliphatic carbocycles. The molecule has 218 valence electrons. The molecule has 2 aliphatic rings. The molecule has 0 amide bonds. The highest BCUT2D eigenvalue weighted by molar-refractivity contribution is 6.30. The summed E-state index contributed by atoms with van der Waals surface area (Å²) in [5.41, 5.74) is 0.638. The number of ether oxygens (including phenoxy) is 2. The lowest BCUT2D eigenvalue weighted by Gasteiger charge is -2.30. The van der Waals surface area contributed by atoms with Gasteiger partial charge in [-0.1, -0.05) is 11.6 Å². The number of fused-ring (bicyclic) bond motifs is 2. The smallest absolute Gasteiger partial charge is 0.421 e. The lowest BCUT2D eigenvalue weighted by molar-refractivity contribution is -0.139. The molecule has 4 aromatic rings. The van der Waals surface area contributed by atoms with E-state index >= 15 is 0 Å². The largest absolute Gasteiger partial charge is 0.472 e. The van der Waals surface area contributed by atoms with Gasteiger partial charge < -0.3 is 14.0 Å². The average Bonchev–Trinajstić information content (AvgIpc) is 3.24. The number of hydrogen-bond acceptors (Lipinski definition) is 7. The fraction of sp³-hybridized carbons (Fsp3) is 0.357. The van der Waals surface area contributed by atoms with Crippen LogP contribution in [0.3, 0.4) is 0 Å². The topological polar surface area (TPSA) is 89.1 Å². The molecule has 0 N–H and O–H groups in total. The maximum absolute atomic E-state index is 14.2. The Labute approximate surface area is 241 Å². The second-order valence-electron chi connectivity index (χ2n) is 10.1. The molecule has 14 heteroatoms. The van der Waals surface area contributed by atoms with Crippen LogP contribution in [0.1, 0.15) is 40.2 Å². The highest BCUT2D eigenvalue weighted by atomic mass is 35.5. The van der Waals surface area contributed by atoms with Crippen LogP contribution in [0.25, 0.3) is 11.2 Å². The van der Waals surface area contributed by atoms with E-state index in [1.165, 1.54) is 6.20 Å². The zero-order valence-corrected chi connectivity index (χ0v) is 22.6. The van der Waals surface area contributed by atoms with Gasteiger partial charge in [-0.25, -0.2) is 23.7 Å². The summed E-state index contributed by atoms with van der Waals surface area (Å²) in [6.07, 6.45) is -2.12. The van der Waals surface area contributed by atoms with E-state index in [0.717, 1.165) is 24.6 Å². The summed E-state index contributed by atoms with van der Waals surface area (Å²) in [5, 5.41) is 9.08. The fourth-order valence-corrected chi connectivity index (χ4v) is 5.25. The Morgan fingerprint density at radius 2 is 1.90 bits per heavy atom. The first-order chi connectivity index (χ1) is 20.1. The number of benzene rings is 1. The Morgan fingerprint density at radius 3 is 2.57 bits per heavy atom. The van der Waals surface area contributed by atoms with Crippen LogP contribution in [0, 0.1) is 23.0 Å². The monoisotopic (exact) mass is 604 g/mol. The van der Waals surface area contributed by atoms with Gasteiger partial charge in [-0.2, -0.15) is 18.4 Å². The number of imidazole rings is 1. The van der Waals surface area contributed by atoms with Gasteiger partial charge in [-0.15, -0.1) is 0 Å². The predicted molar refractivity (Wildman–Crippen MR) is 139 cm³/mol. The summed E-state index contributed by atoms with van der Waals surface area (Å²) in [6, 6.07) is 6.41. The Kier molecular flexibility index (Phi) is 7.46. The molecule has 0 saturated carbocycles. The number of rotatable bonds is 7. The number of nitrogens with zero attached hydrogens (tertiary/aromatic N) is 6. The van der Waals surface area contributed by atoms with Crippen molar-refractivity contribution in [1.82, 2.24) is 24.4 Å². The molecule has 0 unspecified atom stereocenters. The van der Waals surface area contributed by atoms with Crippen molar-refractivity contribution >= 4 is 22.8 Å². The molecule has 2 aliphatic heterocycles. The molecule has 0 spiro atoms. The van der Waals surface area contributed by atoms with Crippen LogP contribution in [0.15, 0.2) is 30.5 Å². The molecule has 6 rings (SSSR count). The normalized spacial score (nSPS) is 17.1. The van der Waals surface area contributed by atoms with Gasteiger partial charge in [-0.3, -0.25) is 4.90 Å². The molecule has 1 aromatic carbocycles. The van der Waals surface area contributed by atoms with E-state index < -0.39 is 41.4 Å². The Bertz CT molecular complexity index is 1690. The standard InChI is InChI=1S/C28H22ClF5N6O2/c29-17-7-21(30)19(22(31)8-17)14-42-27-20(28(32,33)34)6-16-1-3-39(12-24(16)38-27)13-25-37-23-5-15(9-35)10-36-26(23)40(25)11-18-2-4-41-18/h5-8,10,18H,1-4,11-14H2/t18-/m0/s1. The van der Waals surface area contributed by atoms with Crippen molar-refractivity contribution in [1.29, 1.82) is 5.26 Å². The number of aromatic nitrogens is 4. The first-order valence-electron chi connectivity index (χ1n) is 13.0. The van der Waals surface area contributed by atoms with Crippen LogP contribution >= 0.6 is 11.6 Å². The van der Waals surface area contributed by atoms with Gasteiger partial charge in [-0.05, 0) is 42.7 Å². The predicted octanol–water partition coefficient (Wildman–Crippen LogP) is 5.57. The van der Waals surface area contributed by atoms with E-state index in [1.54, 1.807) is 6.07 Å². The zero-order chi connectivity index (χ0) is 29.6. The van der Waals surface area contributed by atoms with Gasteiger partial charge in [0, 0.05) is 30.9 Å². The van der Waals surface area contributed by atoms with Crippen LogP contribution in [-0.2, 0) is 43.6 Å². The number of hydrogen-bond donors (Lipinski definition) is 0. The third-order valence-corrected chi connectivity index (χ3v) is 7.55. The minimum absolute atomic E-state index is 0.0122. The van der Waals surface area contributed by atoms with E-state index in [9.17, 15) is 27.2 Å². The summed E-state index contributed by atoms with van der Waals surface area (Å²) < 4.78 is 83.1. The molecular formula is C28H22ClF5N6O2. The highest BCUT2D eigenvalue weighted by Crippen LogP contribution is 2.38. The summed E-state index contributed by atoms with van der Waals surface area (Å²) in [7, 11) is 0. The number of pyridine rings is 2. The minimum atomic E-state index is -4.80. The van der Waals surface area contributed by atoms with E-state index in [-0.39, 0.29) is 24.1 Å². The second-order valence-corrected chi connectivity index (χ2v) is 10.6. The molecule has 0 radical (unpaired) electrons. The van der Waals surface area contributed by atoms with E-state index in [0.29, 0.717) is 60.1 Å². The lowest BCUT2D eigenvalue weighted by atomic mass is 10.0. The second kappa shape index (κ2) is 11.1. The summed E-state index contributed by atoms with van der Waals surface area (Å²) in [4.78, 5) is 15.3. The molecule has 0 bridgehead atoms. The maximum atomic E-state index is 14.2. The zero-order valence-electron chi connectivity index (χ0n) is 21.9. The van der Waals surface area contributed by atoms with Crippen LogP contribution < -0.4 is 4.74 Å². The molecule has 1 saturated heterocycles. The Hall–Kier alpha value is -3.86. The lowest BCUT2D eigenvalue weighted by Crippen LogP contribution is -2.34. The fourth-order valence-electron chi connectivity index (χ4n) is 5.06. The highest BCUT2D eigenvalue weighted by Gasteiger charge is 2.37. The van der Waals surface area contributed by atoms with E-state index in [1.807, 2.05) is 9.47 Å². The molecule has 1 fully saturated rings. The van der Waals surface area contributed by atoms with Crippen LogP contribution in [0.4, 0.5) is 22.0 Å². The third-order valence-electron chi connectivity index (χ3n) is 7.33. The van der Waals surface area contributed by atoms with Crippen LogP contribution in [0.5, 0.6) is 5.88 Å². The van der Waals surface area contributed by atoms with Gasteiger partial charge >= 0.3 is 6.18 Å². The summed E-state index contributed by atoms with van der Waals surface area (Å²) in [5.74, 6) is -2.17. The van der Waals surface area contributed by atoms with Crippen molar-refractivity contribution in [2.75, 3.05) is 13.2 Å². The quantitative estimate of drug-likeness (QED) is 0.255. The van der Waals surface area contributed by atoms with Crippen molar-refractivity contribution in [3.63, 3.8) is 0 Å². The molecule has 8 nitrogen and oxygen atoms in total. The third kappa shape index (κ3) is 5.62. The van der Waals surface area contributed by atoms with Gasteiger partial charge in [0.25, 0.3) is 0 Å². The summed E-state index contributed by atoms with van der Waals surface area (Å²) >= 11 is 5.64. The van der Waals surface area contributed by atoms with Crippen LogP contribution in [-0.4, -0.2) is 43.7 Å². The van der Waals surface area contributed by atoms with Crippen molar-refractivity contribution in [2.45, 2.75) is 51.4 Å². The number of alkyl halides is 3. The van der Waals surface area contributed by atoms with Gasteiger partial charge in [0.1, 0.15) is 41.2 Å². The molecule has 5 heterocycles. The van der Waals surface area contributed by atoms with Crippen molar-refractivity contribution in [2.24, 2.45) is 0 Å². The van der Waals surface area contributed by atoms with E-state index in [4.69, 9.17) is 26.1 Å². The van der Waals surface area contributed by atoms with Gasteiger partial charge in [0.2, 0.25) is 5.88 Å². The van der Waals surface area contributed by atoms with Crippen molar-refractivity contribution in [3.8, 4) is 11.9 Å². The Balaban J connectivity index is 1.27. The Morgan fingerprint density at radius 1 is 1.14 bits per heavy atom. The molecular weight excluding hydrogens is 583 g/mol. The molecule has 1 atom stereocenters. The van der Waals surface area contributed by atoms with Crippen molar-refractivity contribution in [3.05, 3.63) is 80.9 Å². The first kappa shape index (κ1) is 28.3. The van der Waals surface area contributed by atoms with Crippen molar-refractivity contribution < 1.29 is 31.4 Å². The van der Waals surface area contributed by atoms with Crippen LogP contribution in [0.2, 0.25) is 5.02 Å². The minimum Gasteiger partial charge on any atom is -0.472 e. The van der Waals surface area contributed by atoms with E-state index in [2.05, 4.69) is 16.0 Å². The molecule has 42 heavy (non-hydrogen) atoms. The number of nitriles is 1. The van der Waals surface area contributed by atoms with Gasteiger partial charge in [0.05, 0.1) is 36.0 Å². The molecule has 3 aromatic heterocycles. The summed E-state index contributed by atoms with van der Waals surface area (Å²) in [6.45, 7) is 1.36. The van der Waals surface area contributed by atoms with Gasteiger partial charge in [0.15, 0.2) is 5.65 Å². The average molecular weight is 605 g/mol. The first-order valence-corrected chi connectivity index (χ1v) is 13.4. The SMILES string of the molecule is N#Cc1cnc2c(c1)nc(CN1CCc3cc(C(F)(F)F)c(OCc4c(F)cc(Cl)cc4F)nc3C1)n2C[C@@H]1CCO1.